The summed E-state index contributed by atoms with van der Waals surface area (Å²) < 4.78 is 0.950. The molecule has 1 aliphatic heterocycles. The number of hydrogen-bond donors (Lipinski definition) is 2. The summed E-state index contributed by atoms with van der Waals surface area (Å²) in [6, 6.07) is 3.96. The Labute approximate surface area is 120 Å². The molecule has 3 rings (SSSR count). The fourth-order valence-corrected chi connectivity index (χ4v) is 2.51. The van der Waals surface area contributed by atoms with Crippen molar-refractivity contribution in [1.29, 1.82) is 0 Å². The maximum atomic E-state index is 4.44. The predicted octanol–water partition coefficient (Wildman–Crippen LogP) is 2.72. The van der Waals surface area contributed by atoms with Crippen LogP contribution in [-0.2, 0) is 0 Å². The predicted molar refractivity (Wildman–Crippen MR) is 81.3 cm³/mol. The van der Waals surface area contributed by atoms with Gasteiger partial charge >= 0.3 is 0 Å². The molecule has 5 heteroatoms. The number of aromatic nitrogens is 2. The summed E-state index contributed by atoms with van der Waals surface area (Å²) in [5.41, 5.74) is 4.30. The molecule has 0 atom stereocenters. The van der Waals surface area contributed by atoms with Crippen molar-refractivity contribution in [3.05, 3.63) is 40.6 Å². The van der Waals surface area contributed by atoms with E-state index < -0.39 is 0 Å². The van der Waals surface area contributed by atoms with Crippen LogP contribution in [0.15, 0.2) is 40.6 Å². The van der Waals surface area contributed by atoms with E-state index >= 15 is 0 Å². The number of pyridine rings is 2. The minimum atomic E-state index is 0.874. The summed E-state index contributed by atoms with van der Waals surface area (Å²) in [4.78, 5) is 8.78. The van der Waals surface area contributed by atoms with Crippen LogP contribution in [0.5, 0.6) is 0 Å². The van der Waals surface area contributed by atoms with Gasteiger partial charge in [0, 0.05) is 30.0 Å². The van der Waals surface area contributed by atoms with Crippen LogP contribution in [0.4, 0.5) is 5.69 Å². The van der Waals surface area contributed by atoms with Gasteiger partial charge in [-0.2, -0.15) is 0 Å². The van der Waals surface area contributed by atoms with Gasteiger partial charge in [-0.15, -0.1) is 0 Å². The van der Waals surface area contributed by atoms with Crippen molar-refractivity contribution >= 4 is 32.7 Å². The highest BCUT2D eigenvalue weighted by Crippen LogP contribution is 2.22. The molecular formula is C14H15BrN4. The summed E-state index contributed by atoms with van der Waals surface area (Å²) in [5, 5.41) is 6.78. The first kappa shape index (κ1) is 12.6. The second-order valence-corrected chi connectivity index (χ2v) is 5.47. The lowest BCUT2D eigenvalue weighted by Gasteiger charge is -2.15. The fraction of sp³-hybridized carbons (Fsp3) is 0.286. The topological polar surface area (TPSA) is 49.8 Å². The molecule has 0 aliphatic carbocycles. The molecule has 19 heavy (non-hydrogen) atoms. The lowest BCUT2D eigenvalue weighted by Crippen LogP contribution is -2.23. The molecule has 0 bridgehead atoms. The average Bonchev–Trinajstić information content (AvgIpc) is 2.45. The third-order valence-corrected chi connectivity index (χ3v) is 3.64. The Kier molecular flexibility index (Phi) is 3.75. The molecule has 4 nitrogen and oxygen atoms in total. The zero-order chi connectivity index (χ0) is 13.1. The van der Waals surface area contributed by atoms with Crippen molar-refractivity contribution in [3.8, 4) is 0 Å². The maximum Gasteiger partial charge on any atom is 0.112 e. The van der Waals surface area contributed by atoms with Gasteiger partial charge in [0.2, 0.25) is 0 Å². The van der Waals surface area contributed by atoms with Gasteiger partial charge in [-0.05, 0) is 41.0 Å². The normalized spacial score (nSPS) is 15.3. The molecule has 0 fully saturated rings. The van der Waals surface area contributed by atoms with Crippen molar-refractivity contribution < 1.29 is 0 Å². The van der Waals surface area contributed by atoms with Gasteiger partial charge in [0.25, 0.3) is 0 Å². The molecule has 0 unspecified atom stereocenters. The Balaban J connectivity index is 1.82. The van der Waals surface area contributed by atoms with Gasteiger partial charge in [-0.1, -0.05) is 11.6 Å². The van der Waals surface area contributed by atoms with E-state index in [0.29, 0.717) is 0 Å². The summed E-state index contributed by atoms with van der Waals surface area (Å²) in [5.74, 6) is 0. The van der Waals surface area contributed by atoms with Gasteiger partial charge in [-0.25, -0.2) is 0 Å². The highest BCUT2D eigenvalue weighted by atomic mass is 79.9. The van der Waals surface area contributed by atoms with E-state index in [-0.39, 0.29) is 0 Å². The molecule has 0 radical (unpaired) electrons. The van der Waals surface area contributed by atoms with Crippen LogP contribution in [0.25, 0.3) is 11.0 Å². The molecule has 0 amide bonds. The van der Waals surface area contributed by atoms with Crippen molar-refractivity contribution in [1.82, 2.24) is 15.3 Å². The minimum Gasteiger partial charge on any atom is -0.379 e. The van der Waals surface area contributed by atoms with Crippen molar-refractivity contribution in [3.63, 3.8) is 0 Å². The lowest BCUT2D eigenvalue weighted by molar-refractivity contribution is 0.698. The second kappa shape index (κ2) is 5.67. The Morgan fingerprint density at radius 1 is 1.37 bits per heavy atom. The Morgan fingerprint density at radius 3 is 3.16 bits per heavy atom. The van der Waals surface area contributed by atoms with Crippen LogP contribution in [0.1, 0.15) is 6.42 Å². The third kappa shape index (κ3) is 2.93. The average molecular weight is 319 g/mol. The monoisotopic (exact) mass is 318 g/mol. The molecule has 2 aromatic rings. The number of fused-ring (bicyclic) bond motifs is 1. The smallest absolute Gasteiger partial charge is 0.112 e. The van der Waals surface area contributed by atoms with Crippen LogP contribution in [0, 0.1) is 0 Å². The van der Waals surface area contributed by atoms with Gasteiger partial charge in [-0.3, -0.25) is 9.97 Å². The summed E-state index contributed by atoms with van der Waals surface area (Å²) >= 11 is 3.42. The Bertz CT molecular complexity index is 624. The maximum absolute atomic E-state index is 4.44. The third-order valence-electron chi connectivity index (χ3n) is 3.21. The van der Waals surface area contributed by atoms with E-state index in [4.69, 9.17) is 0 Å². The molecule has 0 saturated heterocycles. The van der Waals surface area contributed by atoms with Gasteiger partial charge in [0.05, 0.1) is 11.2 Å². The number of hydrogen-bond acceptors (Lipinski definition) is 4. The first-order valence-corrected chi connectivity index (χ1v) is 7.15. The molecule has 1 aliphatic rings. The van der Waals surface area contributed by atoms with E-state index in [1.54, 1.807) is 6.20 Å². The number of halogens is 1. The van der Waals surface area contributed by atoms with Crippen LogP contribution in [-0.4, -0.2) is 29.6 Å². The van der Waals surface area contributed by atoms with Crippen molar-refractivity contribution in [2.24, 2.45) is 0 Å². The molecule has 3 heterocycles. The molecule has 2 N–H and O–H groups in total. The summed E-state index contributed by atoms with van der Waals surface area (Å²) in [6.07, 6.45) is 6.98. The lowest BCUT2D eigenvalue weighted by atomic mass is 10.1. The van der Waals surface area contributed by atoms with E-state index in [1.165, 1.54) is 5.57 Å². The SMILES string of the molecule is Brc1cnc2c(NCC3=CCNCC3)ccnc2c1. The van der Waals surface area contributed by atoms with Crippen LogP contribution in [0.3, 0.4) is 0 Å². The van der Waals surface area contributed by atoms with Crippen LogP contribution >= 0.6 is 15.9 Å². The summed E-state index contributed by atoms with van der Waals surface area (Å²) in [7, 11) is 0. The van der Waals surface area contributed by atoms with Crippen LogP contribution in [0.2, 0.25) is 0 Å². The van der Waals surface area contributed by atoms with Crippen molar-refractivity contribution in [2.45, 2.75) is 6.42 Å². The van der Waals surface area contributed by atoms with Gasteiger partial charge < -0.3 is 10.6 Å². The Morgan fingerprint density at radius 2 is 2.32 bits per heavy atom. The van der Waals surface area contributed by atoms with E-state index in [2.05, 4.69) is 42.6 Å². The second-order valence-electron chi connectivity index (χ2n) is 4.55. The standard InChI is InChI=1S/C14H15BrN4/c15-11-7-13-14(19-9-11)12(3-6-17-13)18-8-10-1-4-16-5-2-10/h1,3,6-7,9,16H,2,4-5,8H2,(H,17,18). The van der Waals surface area contributed by atoms with E-state index in [9.17, 15) is 0 Å². The van der Waals surface area contributed by atoms with Gasteiger partial charge in [0.15, 0.2) is 0 Å². The number of anilines is 1. The molecule has 2 aromatic heterocycles. The van der Waals surface area contributed by atoms with E-state index in [1.807, 2.05) is 18.3 Å². The number of rotatable bonds is 3. The number of nitrogens with one attached hydrogen (secondary N) is 2. The molecule has 0 saturated carbocycles. The van der Waals surface area contributed by atoms with Crippen LogP contribution < -0.4 is 10.6 Å². The summed E-state index contributed by atoms with van der Waals surface area (Å²) in [6.45, 7) is 2.91. The first-order chi connectivity index (χ1) is 9.33. The Hall–Kier alpha value is -1.46. The molecular weight excluding hydrogens is 304 g/mol. The zero-order valence-electron chi connectivity index (χ0n) is 10.5. The van der Waals surface area contributed by atoms with E-state index in [0.717, 1.165) is 47.2 Å². The van der Waals surface area contributed by atoms with Crippen molar-refractivity contribution in [2.75, 3.05) is 25.0 Å². The molecule has 98 valence electrons. The zero-order valence-corrected chi connectivity index (χ0v) is 12.1. The largest absolute Gasteiger partial charge is 0.379 e. The quantitative estimate of drug-likeness (QED) is 0.854. The molecule has 0 spiro atoms. The highest BCUT2D eigenvalue weighted by molar-refractivity contribution is 9.10. The fourth-order valence-electron chi connectivity index (χ4n) is 2.19. The highest BCUT2D eigenvalue weighted by Gasteiger charge is 2.06. The molecule has 0 aromatic carbocycles. The van der Waals surface area contributed by atoms with Gasteiger partial charge in [0.1, 0.15) is 5.52 Å². The number of nitrogens with zero attached hydrogens (tertiary/aromatic N) is 2. The first-order valence-electron chi connectivity index (χ1n) is 6.36. The minimum absolute atomic E-state index is 0.874.